The summed E-state index contributed by atoms with van der Waals surface area (Å²) >= 11 is 0. The van der Waals surface area contributed by atoms with Crippen molar-refractivity contribution >= 4 is 32.3 Å². The molecule has 0 spiro atoms. The highest BCUT2D eigenvalue weighted by Gasteiger charge is 2.27. The highest BCUT2D eigenvalue weighted by molar-refractivity contribution is 6.29. The summed E-state index contributed by atoms with van der Waals surface area (Å²) in [6.45, 7) is 25.8. The van der Waals surface area contributed by atoms with Crippen LogP contribution < -0.4 is 18.9 Å². The maximum atomic E-state index is 6.31. The van der Waals surface area contributed by atoms with Gasteiger partial charge in [0.2, 0.25) is 0 Å². The Labute approximate surface area is 607 Å². The first-order valence-electron chi connectivity index (χ1n) is 39.6. The van der Waals surface area contributed by atoms with Gasteiger partial charge in [-0.25, -0.2) is 0 Å². The van der Waals surface area contributed by atoms with Gasteiger partial charge in [0.1, 0.15) is 23.0 Å². The first-order valence-corrected chi connectivity index (χ1v) is 39.6. The van der Waals surface area contributed by atoms with E-state index in [1.807, 2.05) is 0 Å². The summed E-state index contributed by atoms with van der Waals surface area (Å²) in [7, 11) is 0. The number of rotatable bonds is 40. The van der Waals surface area contributed by atoms with Crippen LogP contribution >= 0.6 is 0 Å². The molecule has 0 aliphatic carbocycles. The summed E-state index contributed by atoms with van der Waals surface area (Å²) in [4.78, 5) is 0. The van der Waals surface area contributed by atoms with Gasteiger partial charge in [-0.15, -0.1) is 0 Å². The van der Waals surface area contributed by atoms with E-state index in [4.69, 9.17) is 18.9 Å². The molecule has 0 radical (unpaired) electrons. The molecular weight excluding hydrogens is 1220 g/mol. The lowest BCUT2D eigenvalue weighted by Crippen LogP contribution is -2.13. The molecule has 0 N–H and O–H groups in total. The van der Waals surface area contributed by atoms with Crippen LogP contribution in [0.4, 0.5) is 0 Å². The van der Waals surface area contributed by atoms with E-state index < -0.39 is 0 Å². The average molecular weight is 1340 g/mol. The van der Waals surface area contributed by atoms with Crippen molar-refractivity contribution in [1.82, 2.24) is 0 Å². The largest absolute Gasteiger partial charge is 0.494 e. The standard InChI is InChI=1S/C96H122O4/c1-11-15-19-23-27-31-35-39-67-97-81-55-43-75(44-56-81)51-63-85-86(64-52-76-45-57-82(58-46-76)98-68-40-36-32-28-24-20-16-12-2)90-72-80(96(8,9)10)74-92-88(66-54-78-49-61-84(62-50-78)100-70-42-38-34-30-26-22-18-14-4)87(91-73-79(95(5,6)7)71-89(85)93(91)94(90)92)65-53-77-47-59-83(60-48-77)99-69-41-37-33-29-25-21-17-13-3/h43-50,55-62,71-74H,11-42,67-70H2,1-10H3. The molecule has 4 nitrogen and oxygen atoms in total. The van der Waals surface area contributed by atoms with E-state index in [9.17, 15) is 0 Å². The van der Waals surface area contributed by atoms with Gasteiger partial charge in [-0.3, -0.25) is 0 Å². The molecule has 0 heterocycles. The molecule has 0 unspecified atom stereocenters. The maximum absolute atomic E-state index is 6.31. The minimum absolute atomic E-state index is 0.248. The molecule has 0 aliphatic rings. The summed E-state index contributed by atoms with van der Waals surface area (Å²) in [6, 6.07) is 43.0. The molecule has 4 heteroatoms. The smallest absolute Gasteiger partial charge is 0.119 e. The van der Waals surface area contributed by atoms with Gasteiger partial charge in [-0.05, 0) is 169 Å². The monoisotopic (exact) mass is 1340 g/mol. The van der Waals surface area contributed by atoms with Gasteiger partial charge in [-0.2, -0.15) is 0 Å². The quantitative estimate of drug-likeness (QED) is 0.0218. The third kappa shape index (κ3) is 25.4. The Balaban J connectivity index is 1.25. The predicted molar refractivity (Wildman–Crippen MR) is 430 cm³/mol. The Bertz CT molecular complexity index is 3470. The SMILES string of the molecule is CCCCCCCCCCOc1ccc(C#Cc2c(C#Cc3ccc(OCCCCCCCCCC)cc3)c3cc(C(C)(C)C)cc4c(C#Cc5ccc(OCCCCCCCCCC)cc5)c(C#Cc5ccc(OCCCCCCCCCC)cc5)c5cc(C(C)(C)C)cc2c5c34)cc1. The van der Waals surface area contributed by atoms with E-state index in [-0.39, 0.29) is 10.8 Å². The van der Waals surface area contributed by atoms with E-state index >= 15 is 0 Å². The number of benzene rings is 8. The lowest BCUT2D eigenvalue weighted by molar-refractivity contribution is 0.304. The van der Waals surface area contributed by atoms with Crippen molar-refractivity contribution in [1.29, 1.82) is 0 Å². The van der Waals surface area contributed by atoms with E-state index in [2.05, 4.69) is 238 Å². The minimum atomic E-state index is -0.248. The van der Waals surface area contributed by atoms with Crippen molar-refractivity contribution in [2.75, 3.05) is 26.4 Å². The van der Waals surface area contributed by atoms with Crippen molar-refractivity contribution in [3.63, 3.8) is 0 Å². The molecule has 0 aliphatic heterocycles. The summed E-state index contributed by atoms with van der Waals surface area (Å²) in [6.07, 6.45) is 40.6. The number of unbranched alkanes of at least 4 members (excludes halogenated alkanes) is 28. The van der Waals surface area contributed by atoms with Gasteiger partial charge in [0, 0.05) is 76.8 Å². The molecule has 0 aromatic heterocycles. The van der Waals surface area contributed by atoms with Crippen molar-refractivity contribution in [3.05, 3.63) is 177 Å². The molecule has 0 bridgehead atoms. The topological polar surface area (TPSA) is 36.9 Å². The maximum Gasteiger partial charge on any atom is 0.119 e. The molecule has 0 saturated carbocycles. The molecule has 530 valence electrons. The third-order valence-corrected chi connectivity index (χ3v) is 19.6. The van der Waals surface area contributed by atoms with Crippen molar-refractivity contribution in [2.45, 2.75) is 286 Å². The Hall–Kier alpha value is -7.76. The lowest BCUT2D eigenvalue weighted by atomic mass is 9.76. The van der Waals surface area contributed by atoms with Gasteiger partial charge < -0.3 is 18.9 Å². The Kier molecular flexibility index (Phi) is 33.1. The zero-order valence-corrected chi connectivity index (χ0v) is 63.6. The normalized spacial score (nSPS) is 11.4. The second kappa shape index (κ2) is 42.5. The third-order valence-electron chi connectivity index (χ3n) is 19.6. The van der Waals surface area contributed by atoms with E-state index in [0.717, 1.165) is 126 Å². The second-order valence-electron chi connectivity index (χ2n) is 30.3. The Morgan fingerprint density at radius 2 is 0.410 bits per heavy atom. The first-order chi connectivity index (χ1) is 48.8. The molecule has 8 aromatic rings. The van der Waals surface area contributed by atoms with Gasteiger partial charge in [0.25, 0.3) is 0 Å². The average Bonchev–Trinajstić information content (AvgIpc) is 0.700. The van der Waals surface area contributed by atoms with Crippen LogP contribution in [0.15, 0.2) is 121 Å². The number of ether oxygens (including phenoxy) is 4. The number of hydrogen-bond donors (Lipinski definition) is 0. The first kappa shape index (κ1) is 78.0. The van der Waals surface area contributed by atoms with Crippen molar-refractivity contribution in [2.24, 2.45) is 0 Å². The summed E-state index contributed by atoms with van der Waals surface area (Å²) in [5.74, 6) is 33.7. The van der Waals surface area contributed by atoms with Crippen LogP contribution in [0.2, 0.25) is 0 Å². The van der Waals surface area contributed by atoms with Gasteiger partial charge in [0.15, 0.2) is 0 Å². The highest BCUT2D eigenvalue weighted by atomic mass is 16.5. The highest BCUT2D eigenvalue weighted by Crippen LogP contribution is 2.46. The van der Waals surface area contributed by atoms with Gasteiger partial charge >= 0.3 is 0 Å². The molecule has 8 rings (SSSR count). The molecule has 0 saturated heterocycles. The van der Waals surface area contributed by atoms with Gasteiger partial charge in [-0.1, -0.05) is 296 Å². The predicted octanol–water partition coefficient (Wildman–Crippen LogP) is 26.9. The van der Waals surface area contributed by atoms with Crippen LogP contribution in [0, 0.1) is 47.4 Å². The van der Waals surface area contributed by atoms with Crippen molar-refractivity contribution < 1.29 is 18.9 Å². The molecule has 0 amide bonds. The fourth-order valence-electron chi connectivity index (χ4n) is 13.3. The summed E-state index contributed by atoms with van der Waals surface area (Å²) in [5.41, 5.74) is 9.10. The van der Waals surface area contributed by atoms with E-state index in [0.29, 0.717) is 26.4 Å². The summed E-state index contributed by atoms with van der Waals surface area (Å²) in [5, 5.41) is 6.45. The zero-order chi connectivity index (χ0) is 70.6. The van der Waals surface area contributed by atoms with Crippen LogP contribution in [0.25, 0.3) is 32.3 Å². The minimum Gasteiger partial charge on any atom is -0.494 e. The molecule has 8 aromatic carbocycles. The lowest BCUT2D eigenvalue weighted by Gasteiger charge is -2.26. The molecular formula is C96H122O4. The van der Waals surface area contributed by atoms with Crippen LogP contribution in [0.1, 0.15) is 330 Å². The summed E-state index contributed by atoms with van der Waals surface area (Å²) < 4.78 is 25.3. The van der Waals surface area contributed by atoms with Gasteiger partial charge in [0.05, 0.1) is 26.4 Å². The zero-order valence-electron chi connectivity index (χ0n) is 63.6. The van der Waals surface area contributed by atoms with Crippen molar-refractivity contribution in [3.8, 4) is 70.4 Å². The molecule has 100 heavy (non-hydrogen) atoms. The van der Waals surface area contributed by atoms with Crippen LogP contribution in [0.5, 0.6) is 23.0 Å². The van der Waals surface area contributed by atoms with E-state index in [1.165, 1.54) is 191 Å². The van der Waals surface area contributed by atoms with Crippen LogP contribution in [-0.2, 0) is 10.8 Å². The fourth-order valence-corrected chi connectivity index (χ4v) is 13.3. The Morgan fingerprint density at radius 1 is 0.230 bits per heavy atom. The fraction of sp³-hybridized carbons (Fsp3) is 0.500. The molecule has 0 atom stereocenters. The van der Waals surface area contributed by atoms with E-state index in [1.54, 1.807) is 0 Å². The Morgan fingerprint density at radius 3 is 0.590 bits per heavy atom. The second-order valence-corrected chi connectivity index (χ2v) is 30.3. The van der Waals surface area contributed by atoms with Crippen LogP contribution in [-0.4, -0.2) is 26.4 Å². The number of hydrogen-bond acceptors (Lipinski definition) is 4. The molecule has 0 fully saturated rings. The van der Waals surface area contributed by atoms with Crippen LogP contribution in [0.3, 0.4) is 0 Å².